The van der Waals surface area contributed by atoms with E-state index in [0.717, 1.165) is 24.8 Å². The molecule has 0 saturated carbocycles. The van der Waals surface area contributed by atoms with Crippen molar-refractivity contribution >= 4 is 0 Å². The highest BCUT2D eigenvalue weighted by Gasteiger charge is 2.33. The van der Waals surface area contributed by atoms with Crippen LogP contribution in [-0.4, -0.2) is 23.2 Å². The second-order valence-corrected chi connectivity index (χ2v) is 6.15. The minimum Gasteiger partial charge on any atom is -0.339 e. The van der Waals surface area contributed by atoms with Crippen LogP contribution in [0.3, 0.4) is 0 Å². The van der Waals surface area contributed by atoms with Crippen molar-refractivity contribution in [2.45, 2.75) is 32.1 Å². The second kappa shape index (κ2) is 5.02. The molecule has 1 aliphatic rings. The Balaban J connectivity index is 1.85. The molecule has 1 aromatic carbocycles. The Hall–Kier alpha value is -1.68. The van der Waals surface area contributed by atoms with E-state index in [1.54, 1.807) is 0 Å². The summed E-state index contributed by atoms with van der Waals surface area (Å²) in [6.45, 7) is 8.51. The Labute approximate surface area is 119 Å². The molecule has 1 unspecified atom stereocenters. The van der Waals surface area contributed by atoms with Gasteiger partial charge < -0.3 is 9.84 Å². The summed E-state index contributed by atoms with van der Waals surface area (Å²) >= 11 is 0. The number of nitrogens with zero attached hydrogens (tertiary/aromatic N) is 2. The van der Waals surface area contributed by atoms with Gasteiger partial charge in [0.1, 0.15) is 0 Å². The minimum absolute atomic E-state index is 0.236. The molecule has 1 saturated heterocycles. The Morgan fingerprint density at radius 3 is 2.55 bits per heavy atom. The molecule has 1 atom stereocenters. The zero-order valence-electron chi connectivity index (χ0n) is 12.3. The standard InChI is InChI=1S/C16H21N3O/c1-11(12-9-17-10-12)14-18-15(19-20-14)16(2,3)13-7-5-4-6-8-13/h4-8,11-12,17H,9-10H2,1-3H3. The summed E-state index contributed by atoms with van der Waals surface area (Å²) in [5.41, 5.74) is 0.964. The van der Waals surface area contributed by atoms with Crippen molar-refractivity contribution in [2.75, 3.05) is 13.1 Å². The highest BCUT2D eigenvalue weighted by atomic mass is 16.5. The topological polar surface area (TPSA) is 51.0 Å². The Kier molecular flexibility index (Phi) is 3.34. The number of aromatic nitrogens is 2. The lowest BCUT2D eigenvalue weighted by Gasteiger charge is -2.30. The molecule has 2 heterocycles. The predicted molar refractivity (Wildman–Crippen MR) is 77.6 cm³/mol. The van der Waals surface area contributed by atoms with E-state index in [1.165, 1.54) is 5.56 Å². The normalized spacial score (nSPS) is 17.8. The lowest BCUT2D eigenvalue weighted by Crippen LogP contribution is -2.44. The Morgan fingerprint density at radius 1 is 1.25 bits per heavy atom. The number of nitrogens with one attached hydrogen (secondary N) is 1. The van der Waals surface area contributed by atoms with Crippen molar-refractivity contribution in [3.05, 3.63) is 47.6 Å². The fourth-order valence-electron chi connectivity index (χ4n) is 2.52. The fraction of sp³-hybridized carbons (Fsp3) is 0.500. The van der Waals surface area contributed by atoms with Gasteiger partial charge in [-0.05, 0) is 38.4 Å². The first-order valence-corrected chi connectivity index (χ1v) is 7.19. The van der Waals surface area contributed by atoms with Crippen LogP contribution in [0.5, 0.6) is 0 Å². The first kappa shape index (κ1) is 13.3. The van der Waals surface area contributed by atoms with Gasteiger partial charge in [0.15, 0.2) is 5.82 Å². The summed E-state index contributed by atoms with van der Waals surface area (Å²) in [5, 5.41) is 7.50. The molecule has 1 aliphatic heterocycles. The van der Waals surface area contributed by atoms with E-state index in [0.29, 0.717) is 11.8 Å². The minimum atomic E-state index is -0.236. The lowest BCUT2D eigenvalue weighted by atomic mass is 9.84. The maximum absolute atomic E-state index is 5.50. The molecule has 0 bridgehead atoms. The molecule has 0 aliphatic carbocycles. The largest absolute Gasteiger partial charge is 0.339 e. The molecule has 106 valence electrons. The molecule has 0 radical (unpaired) electrons. The summed E-state index contributed by atoms with van der Waals surface area (Å²) < 4.78 is 5.50. The Bertz CT molecular complexity index is 572. The summed E-state index contributed by atoms with van der Waals surface area (Å²) in [5.74, 6) is 2.46. The fourth-order valence-corrected chi connectivity index (χ4v) is 2.52. The molecule has 0 spiro atoms. The van der Waals surface area contributed by atoms with E-state index in [2.05, 4.69) is 48.4 Å². The highest BCUT2D eigenvalue weighted by Crippen LogP contribution is 2.32. The molecule has 0 amide bonds. The van der Waals surface area contributed by atoms with Gasteiger partial charge >= 0.3 is 0 Å². The van der Waals surface area contributed by atoms with Gasteiger partial charge in [0.25, 0.3) is 0 Å². The van der Waals surface area contributed by atoms with E-state index in [4.69, 9.17) is 4.52 Å². The van der Waals surface area contributed by atoms with Crippen LogP contribution in [0, 0.1) is 5.92 Å². The average Bonchev–Trinajstić information content (AvgIpc) is 2.88. The second-order valence-electron chi connectivity index (χ2n) is 6.15. The van der Waals surface area contributed by atoms with Gasteiger partial charge in [0.05, 0.1) is 5.41 Å². The third-order valence-corrected chi connectivity index (χ3v) is 4.41. The van der Waals surface area contributed by atoms with Crippen LogP contribution in [-0.2, 0) is 5.41 Å². The number of rotatable bonds is 4. The number of hydrogen-bond donors (Lipinski definition) is 1. The highest BCUT2D eigenvalue weighted by molar-refractivity contribution is 5.30. The molecule has 2 aromatic rings. The van der Waals surface area contributed by atoms with Crippen LogP contribution in [0.15, 0.2) is 34.9 Å². The van der Waals surface area contributed by atoms with E-state index in [1.807, 2.05) is 18.2 Å². The molecular formula is C16H21N3O. The molecule has 3 rings (SSSR count). The van der Waals surface area contributed by atoms with Crippen molar-refractivity contribution in [3.8, 4) is 0 Å². The predicted octanol–water partition coefficient (Wildman–Crippen LogP) is 2.72. The van der Waals surface area contributed by atoms with Gasteiger partial charge in [-0.25, -0.2) is 0 Å². The average molecular weight is 271 g/mol. The van der Waals surface area contributed by atoms with Gasteiger partial charge in [0, 0.05) is 5.92 Å². The van der Waals surface area contributed by atoms with Crippen molar-refractivity contribution in [1.82, 2.24) is 15.5 Å². The maximum atomic E-state index is 5.50. The third kappa shape index (κ3) is 2.24. The van der Waals surface area contributed by atoms with E-state index in [-0.39, 0.29) is 5.41 Å². The zero-order chi connectivity index (χ0) is 14.2. The number of hydrogen-bond acceptors (Lipinski definition) is 4. The van der Waals surface area contributed by atoms with E-state index >= 15 is 0 Å². The van der Waals surface area contributed by atoms with Gasteiger partial charge in [-0.1, -0.05) is 42.4 Å². The third-order valence-electron chi connectivity index (χ3n) is 4.41. The van der Waals surface area contributed by atoms with Gasteiger partial charge in [-0.3, -0.25) is 0 Å². The summed E-state index contributed by atoms with van der Waals surface area (Å²) in [6, 6.07) is 10.3. The first-order valence-electron chi connectivity index (χ1n) is 7.19. The van der Waals surface area contributed by atoms with Crippen LogP contribution in [0.2, 0.25) is 0 Å². The molecule has 1 aromatic heterocycles. The Morgan fingerprint density at radius 2 is 1.95 bits per heavy atom. The molecular weight excluding hydrogens is 250 g/mol. The smallest absolute Gasteiger partial charge is 0.229 e. The zero-order valence-corrected chi connectivity index (χ0v) is 12.3. The number of benzene rings is 1. The van der Waals surface area contributed by atoms with Crippen LogP contribution in [0.4, 0.5) is 0 Å². The van der Waals surface area contributed by atoms with Gasteiger partial charge in [-0.15, -0.1) is 0 Å². The maximum Gasteiger partial charge on any atom is 0.229 e. The van der Waals surface area contributed by atoms with Crippen LogP contribution >= 0.6 is 0 Å². The van der Waals surface area contributed by atoms with E-state index in [9.17, 15) is 0 Å². The van der Waals surface area contributed by atoms with Crippen LogP contribution < -0.4 is 5.32 Å². The monoisotopic (exact) mass is 271 g/mol. The summed E-state index contributed by atoms with van der Waals surface area (Å²) in [7, 11) is 0. The molecule has 4 nitrogen and oxygen atoms in total. The molecule has 4 heteroatoms. The summed E-state index contributed by atoms with van der Waals surface area (Å²) in [4.78, 5) is 4.66. The summed E-state index contributed by atoms with van der Waals surface area (Å²) in [6.07, 6.45) is 0. The molecule has 20 heavy (non-hydrogen) atoms. The SMILES string of the molecule is CC(c1nc(C(C)(C)c2ccccc2)no1)C1CNC1. The van der Waals surface area contributed by atoms with E-state index < -0.39 is 0 Å². The van der Waals surface area contributed by atoms with Crippen LogP contribution in [0.1, 0.15) is 44.0 Å². The van der Waals surface area contributed by atoms with Crippen molar-refractivity contribution in [3.63, 3.8) is 0 Å². The van der Waals surface area contributed by atoms with Gasteiger partial charge in [-0.2, -0.15) is 4.98 Å². The van der Waals surface area contributed by atoms with Crippen molar-refractivity contribution in [2.24, 2.45) is 5.92 Å². The first-order chi connectivity index (χ1) is 9.59. The lowest BCUT2D eigenvalue weighted by molar-refractivity contribution is 0.252. The van der Waals surface area contributed by atoms with Gasteiger partial charge in [0.2, 0.25) is 5.89 Å². The van der Waals surface area contributed by atoms with Crippen LogP contribution in [0.25, 0.3) is 0 Å². The van der Waals surface area contributed by atoms with Crippen molar-refractivity contribution < 1.29 is 4.52 Å². The molecule has 1 N–H and O–H groups in total. The van der Waals surface area contributed by atoms with Crippen molar-refractivity contribution in [1.29, 1.82) is 0 Å². The molecule has 1 fully saturated rings. The quantitative estimate of drug-likeness (QED) is 0.929.